The van der Waals surface area contributed by atoms with Gasteiger partial charge in [-0.25, -0.2) is 8.42 Å². The maximum atomic E-state index is 11.8. The first-order chi connectivity index (χ1) is 12.3. The summed E-state index contributed by atoms with van der Waals surface area (Å²) in [5.74, 6) is -1.58. The second kappa shape index (κ2) is 8.30. The summed E-state index contributed by atoms with van der Waals surface area (Å²) in [6.07, 6.45) is 2.39. The lowest BCUT2D eigenvalue weighted by Gasteiger charge is -2.08. The molecule has 3 amide bonds. The number of anilines is 1. The van der Waals surface area contributed by atoms with Gasteiger partial charge in [-0.2, -0.15) is 0 Å². The minimum absolute atomic E-state index is 0.0694. The van der Waals surface area contributed by atoms with E-state index in [1.54, 1.807) is 0 Å². The summed E-state index contributed by atoms with van der Waals surface area (Å²) in [6.45, 7) is -0.658. The second-order valence-corrected chi connectivity index (χ2v) is 7.30. The maximum absolute atomic E-state index is 11.8. The highest BCUT2D eigenvalue weighted by Crippen LogP contribution is 2.14. The Bertz CT molecular complexity index is 906. The Morgan fingerprint density at radius 1 is 1.00 bits per heavy atom. The molecule has 0 unspecified atom stereocenters. The van der Waals surface area contributed by atoms with E-state index in [0.29, 0.717) is 5.69 Å². The summed E-state index contributed by atoms with van der Waals surface area (Å²) in [6, 6.07) is 8.74. The molecule has 2 rings (SSSR count). The van der Waals surface area contributed by atoms with E-state index in [1.165, 1.54) is 42.7 Å². The van der Waals surface area contributed by atoms with Gasteiger partial charge in [-0.1, -0.05) is 6.07 Å². The first-order valence-corrected chi connectivity index (χ1v) is 9.33. The SMILES string of the molecule is CS(=O)(=O)c1cccc(NC(=O)CNC(=O)CNC(=O)c2ccco2)c1. The molecule has 0 aliphatic rings. The van der Waals surface area contributed by atoms with E-state index in [9.17, 15) is 22.8 Å². The van der Waals surface area contributed by atoms with Crippen LogP contribution in [-0.2, 0) is 19.4 Å². The number of rotatable bonds is 7. The fourth-order valence-corrected chi connectivity index (χ4v) is 2.57. The van der Waals surface area contributed by atoms with Crippen LogP contribution in [0, 0.1) is 0 Å². The molecular formula is C16H17N3O6S. The van der Waals surface area contributed by atoms with E-state index in [4.69, 9.17) is 4.42 Å². The average molecular weight is 379 g/mol. The Hall–Kier alpha value is -3.14. The van der Waals surface area contributed by atoms with Gasteiger partial charge in [0.2, 0.25) is 11.8 Å². The summed E-state index contributed by atoms with van der Waals surface area (Å²) in [5, 5.41) is 7.15. The summed E-state index contributed by atoms with van der Waals surface area (Å²) < 4.78 is 27.8. The lowest BCUT2D eigenvalue weighted by Crippen LogP contribution is -2.40. The predicted octanol–water partition coefficient (Wildman–Crippen LogP) is 0.168. The highest BCUT2D eigenvalue weighted by atomic mass is 32.2. The normalized spacial score (nSPS) is 10.8. The van der Waals surface area contributed by atoms with Crippen LogP contribution in [0.15, 0.2) is 52.0 Å². The summed E-state index contributed by atoms with van der Waals surface area (Å²) in [4.78, 5) is 35.1. The Labute approximate surface area is 149 Å². The van der Waals surface area contributed by atoms with E-state index in [0.717, 1.165) is 6.26 Å². The molecule has 10 heteroatoms. The van der Waals surface area contributed by atoms with Crippen LogP contribution in [0.3, 0.4) is 0 Å². The molecule has 3 N–H and O–H groups in total. The number of hydrogen-bond donors (Lipinski definition) is 3. The quantitative estimate of drug-likeness (QED) is 0.628. The van der Waals surface area contributed by atoms with Crippen molar-refractivity contribution in [2.75, 3.05) is 24.7 Å². The van der Waals surface area contributed by atoms with Gasteiger partial charge in [0.15, 0.2) is 15.6 Å². The third-order valence-electron chi connectivity index (χ3n) is 3.15. The molecule has 2 aromatic rings. The van der Waals surface area contributed by atoms with Gasteiger partial charge < -0.3 is 20.4 Å². The van der Waals surface area contributed by atoms with Crippen LogP contribution >= 0.6 is 0 Å². The number of carbonyl (C=O) groups is 3. The molecule has 0 radical (unpaired) electrons. The Morgan fingerprint density at radius 3 is 2.38 bits per heavy atom. The molecule has 0 fully saturated rings. The smallest absolute Gasteiger partial charge is 0.287 e. The van der Waals surface area contributed by atoms with Gasteiger partial charge in [-0.05, 0) is 30.3 Å². The van der Waals surface area contributed by atoms with Crippen LogP contribution in [-0.4, -0.2) is 45.5 Å². The van der Waals surface area contributed by atoms with Gasteiger partial charge in [0.25, 0.3) is 5.91 Å². The molecule has 9 nitrogen and oxygen atoms in total. The number of benzene rings is 1. The molecule has 0 aliphatic heterocycles. The van der Waals surface area contributed by atoms with Crippen LogP contribution in [0.25, 0.3) is 0 Å². The zero-order chi connectivity index (χ0) is 19.2. The monoisotopic (exact) mass is 379 g/mol. The summed E-state index contributed by atoms with van der Waals surface area (Å²) >= 11 is 0. The molecule has 0 saturated heterocycles. The van der Waals surface area contributed by atoms with Gasteiger partial charge in [0.05, 0.1) is 24.2 Å². The lowest BCUT2D eigenvalue weighted by molar-refractivity contribution is -0.123. The third-order valence-corrected chi connectivity index (χ3v) is 4.26. The molecule has 1 aromatic heterocycles. The number of carbonyl (C=O) groups excluding carboxylic acids is 3. The van der Waals surface area contributed by atoms with E-state index in [-0.39, 0.29) is 23.7 Å². The molecule has 0 bridgehead atoms. The molecule has 0 spiro atoms. The van der Waals surface area contributed by atoms with E-state index in [2.05, 4.69) is 16.0 Å². The molecule has 1 aromatic carbocycles. The van der Waals surface area contributed by atoms with E-state index >= 15 is 0 Å². The Balaban J connectivity index is 1.78. The predicted molar refractivity (Wildman–Crippen MR) is 92.2 cm³/mol. The largest absolute Gasteiger partial charge is 0.459 e. The van der Waals surface area contributed by atoms with Crippen molar-refractivity contribution < 1.29 is 27.2 Å². The van der Waals surface area contributed by atoms with E-state index in [1.807, 2.05) is 0 Å². The zero-order valence-corrected chi connectivity index (χ0v) is 14.6. The van der Waals surface area contributed by atoms with E-state index < -0.39 is 27.6 Å². The zero-order valence-electron chi connectivity index (χ0n) is 13.8. The van der Waals surface area contributed by atoms with Crippen molar-refractivity contribution in [2.24, 2.45) is 0 Å². The average Bonchev–Trinajstić information content (AvgIpc) is 3.12. The van der Waals surface area contributed by atoms with Gasteiger partial charge in [0, 0.05) is 11.9 Å². The first-order valence-electron chi connectivity index (χ1n) is 7.44. The molecular weight excluding hydrogens is 362 g/mol. The standard InChI is InChI=1S/C16H17N3O6S/c1-26(23,24)12-5-2-4-11(8-12)19-15(21)10-17-14(20)9-18-16(22)13-6-3-7-25-13/h2-8H,9-10H2,1H3,(H,17,20)(H,18,22)(H,19,21). The van der Waals surface area contributed by atoms with Crippen molar-refractivity contribution in [3.05, 3.63) is 48.4 Å². The van der Waals surface area contributed by atoms with Crippen LogP contribution in [0.4, 0.5) is 5.69 Å². The van der Waals surface area contributed by atoms with Gasteiger partial charge in [-0.3, -0.25) is 14.4 Å². The number of nitrogens with one attached hydrogen (secondary N) is 3. The van der Waals surface area contributed by atoms with Crippen LogP contribution in [0.5, 0.6) is 0 Å². The van der Waals surface area contributed by atoms with Crippen molar-refractivity contribution in [3.63, 3.8) is 0 Å². The van der Waals surface area contributed by atoms with Crippen molar-refractivity contribution in [3.8, 4) is 0 Å². The molecule has 1 heterocycles. The number of sulfone groups is 1. The first kappa shape index (κ1) is 19.2. The summed E-state index contributed by atoms with van der Waals surface area (Å²) in [5.41, 5.74) is 0.290. The van der Waals surface area contributed by atoms with Crippen molar-refractivity contribution in [2.45, 2.75) is 4.90 Å². The second-order valence-electron chi connectivity index (χ2n) is 5.28. The third kappa shape index (κ3) is 5.74. The minimum Gasteiger partial charge on any atom is -0.459 e. The number of hydrogen-bond acceptors (Lipinski definition) is 6. The van der Waals surface area contributed by atoms with Crippen LogP contribution in [0.2, 0.25) is 0 Å². The molecule has 26 heavy (non-hydrogen) atoms. The molecule has 138 valence electrons. The minimum atomic E-state index is -3.39. The molecule has 0 atom stereocenters. The number of amides is 3. The van der Waals surface area contributed by atoms with Crippen LogP contribution in [0.1, 0.15) is 10.6 Å². The Kier molecular flexibility index (Phi) is 6.12. The Morgan fingerprint density at radius 2 is 1.73 bits per heavy atom. The molecule has 0 aliphatic carbocycles. The fourth-order valence-electron chi connectivity index (χ4n) is 1.91. The van der Waals surface area contributed by atoms with Crippen LogP contribution < -0.4 is 16.0 Å². The van der Waals surface area contributed by atoms with Crippen molar-refractivity contribution >= 4 is 33.2 Å². The van der Waals surface area contributed by atoms with Gasteiger partial charge >= 0.3 is 0 Å². The lowest BCUT2D eigenvalue weighted by atomic mass is 10.3. The van der Waals surface area contributed by atoms with Crippen molar-refractivity contribution in [1.82, 2.24) is 10.6 Å². The van der Waals surface area contributed by atoms with Crippen molar-refractivity contribution in [1.29, 1.82) is 0 Å². The number of furan rings is 1. The van der Waals surface area contributed by atoms with Gasteiger partial charge in [-0.15, -0.1) is 0 Å². The maximum Gasteiger partial charge on any atom is 0.287 e. The fraction of sp³-hybridized carbons (Fsp3) is 0.188. The highest BCUT2D eigenvalue weighted by molar-refractivity contribution is 7.90. The highest BCUT2D eigenvalue weighted by Gasteiger charge is 2.12. The topological polar surface area (TPSA) is 135 Å². The summed E-state index contributed by atoms with van der Waals surface area (Å²) in [7, 11) is -3.39. The molecule has 0 saturated carbocycles. The van der Waals surface area contributed by atoms with Gasteiger partial charge in [0.1, 0.15) is 0 Å².